The highest BCUT2D eigenvalue weighted by atomic mass is 16.5. The van der Waals surface area contributed by atoms with E-state index in [9.17, 15) is 9.59 Å². The Kier molecular flexibility index (Phi) is 7.33. The first-order chi connectivity index (χ1) is 19.0. The van der Waals surface area contributed by atoms with Crippen molar-refractivity contribution in [1.82, 2.24) is 0 Å². The van der Waals surface area contributed by atoms with Crippen LogP contribution in [-0.2, 0) is 9.47 Å². The third-order valence-electron chi connectivity index (χ3n) is 6.88. The van der Waals surface area contributed by atoms with E-state index in [0.717, 1.165) is 55.1 Å². The smallest absolute Gasteiger partial charge is 0.338 e. The van der Waals surface area contributed by atoms with Gasteiger partial charge in [0.1, 0.15) is 5.75 Å². The van der Waals surface area contributed by atoms with Gasteiger partial charge in [-0.15, -0.1) is 0 Å². The summed E-state index contributed by atoms with van der Waals surface area (Å²) in [5.74, 6) is 0.0267. The molecule has 0 atom stereocenters. The number of rotatable bonds is 7. The molecule has 0 spiro atoms. The van der Waals surface area contributed by atoms with E-state index >= 15 is 0 Å². The molecule has 39 heavy (non-hydrogen) atoms. The zero-order valence-electron chi connectivity index (χ0n) is 22.5. The van der Waals surface area contributed by atoms with E-state index in [0.29, 0.717) is 24.3 Å². The molecule has 0 amide bonds. The summed E-state index contributed by atoms with van der Waals surface area (Å²) in [5.41, 5.74) is 5.82. The van der Waals surface area contributed by atoms with Gasteiger partial charge in [0.25, 0.3) is 0 Å². The summed E-state index contributed by atoms with van der Waals surface area (Å²) in [5, 5.41) is 3.86. The van der Waals surface area contributed by atoms with Gasteiger partial charge in [-0.25, -0.2) is 9.59 Å². The van der Waals surface area contributed by atoms with E-state index in [-0.39, 0.29) is 11.9 Å². The van der Waals surface area contributed by atoms with Gasteiger partial charge < -0.3 is 14.2 Å². The average molecular weight is 519 g/mol. The number of aryl methyl sites for hydroxylation is 1. The molecule has 196 valence electrons. The van der Waals surface area contributed by atoms with Crippen molar-refractivity contribution < 1.29 is 23.8 Å². The Labute approximate surface area is 227 Å². The summed E-state index contributed by atoms with van der Waals surface area (Å²) < 4.78 is 16.1. The largest absolute Gasteiger partial charge is 0.497 e. The molecule has 0 unspecified atom stereocenters. The first kappa shape index (κ1) is 26.0. The molecule has 5 rings (SSSR count). The first-order valence-corrected chi connectivity index (χ1v) is 13.0. The van der Waals surface area contributed by atoms with Crippen molar-refractivity contribution in [3.05, 3.63) is 102 Å². The molecule has 0 fully saturated rings. The Hall–Kier alpha value is -4.64. The van der Waals surface area contributed by atoms with E-state index in [1.54, 1.807) is 27.0 Å². The number of hydrogen-bond donors (Lipinski definition) is 0. The topological polar surface area (TPSA) is 61.8 Å². The zero-order chi connectivity index (χ0) is 27.5. The van der Waals surface area contributed by atoms with Gasteiger partial charge in [-0.1, -0.05) is 48.5 Å². The first-order valence-electron chi connectivity index (χ1n) is 13.0. The number of esters is 2. The molecule has 0 N–H and O–H groups in total. The number of carbonyl (C=O) groups is 2. The number of fused-ring (bicyclic) bond motifs is 3. The van der Waals surface area contributed by atoms with Crippen LogP contribution in [0.2, 0.25) is 0 Å². The molecule has 5 nitrogen and oxygen atoms in total. The standard InChI is InChI=1S/C34H30O5/c1-5-38-33(35)24-14-17-27-28(19-24)31(23-12-15-26(37-4)16-13-23)32(22-10-8-7-9-11-22)29-20-25(34(36)39-6-2)18-21(3)30(27)29/h7-20H,5-6H2,1-4H3. The maximum absolute atomic E-state index is 12.9. The average Bonchev–Trinajstić information content (AvgIpc) is 2.96. The van der Waals surface area contributed by atoms with Crippen molar-refractivity contribution >= 4 is 33.5 Å². The minimum Gasteiger partial charge on any atom is -0.497 e. The van der Waals surface area contributed by atoms with Crippen molar-refractivity contribution in [2.75, 3.05) is 20.3 Å². The van der Waals surface area contributed by atoms with Crippen LogP contribution in [0.3, 0.4) is 0 Å². The molecule has 5 aromatic carbocycles. The van der Waals surface area contributed by atoms with Gasteiger partial charge in [-0.3, -0.25) is 0 Å². The van der Waals surface area contributed by atoms with Gasteiger partial charge in [-0.2, -0.15) is 0 Å². The van der Waals surface area contributed by atoms with Crippen LogP contribution in [0.1, 0.15) is 40.1 Å². The van der Waals surface area contributed by atoms with Crippen molar-refractivity contribution in [3.8, 4) is 28.0 Å². The third-order valence-corrected chi connectivity index (χ3v) is 6.88. The molecule has 5 aromatic rings. The van der Waals surface area contributed by atoms with Crippen LogP contribution < -0.4 is 4.74 Å². The Balaban J connectivity index is 1.98. The second-order valence-corrected chi connectivity index (χ2v) is 9.26. The number of ether oxygens (including phenoxy) is 3. The molecule has 0 bridgehead atoms. The predicted octanol–water partition coefficient (Wildman–Crippen LogP) is 8.00. The number of benzene rings is 5. The predicted molar refractivity (Wildman–Crippen MR) is 156 cm³/mol. The van der Waals surface area contributed by atoms with E-state index in [2.05, 4.69) is 12.1 Å². The molecule has 0 radical (unpaired) electrons. The fraction of sp³-hybridized carbons (Fsp3) is 0.176. The molecular weight excluding hydrogens is 488 g/mol. The summed E-state index contributed by atoms with van der Waals surface area (Å²) in [4.78, 5) is 25.7. The van der Waals surface area contributed by atoms with Crippen molar-refractivity contribution in [2.24, 2.45) is 0 Å². The number of methoxy groups -OCH3 is 1. The molecule has 0 aromatic heterocycles. The minimum atomic E-state index is -0.365. The molecular formula is C34H30O5. The van der Waals surface area contributed by atoms with Gasteiger partial charge in [0.2, 0.25) is 0 Å². The molecule has 0 aliphatic heterocycles. The highest BCUT2D eigenvalue weighted by Gasteiger charge is 2.22. The fourth-order valence-electron chi connectivity index (χ4n) is 5.22. The van der Waals surface area contributed by atoms with Crippen LogP contribution in [0, 0.1) is 6.92 Å². The highest BCUT2D eigenvalue weighted by molar-refractivity contribution is 6.24. The van der Waals surface area contributed by atoms with Gasteiger partial charge in [-0.05, 0) is 107 Å². The van der Waals surface area contributed by atoms with Crippen LogP contribution in [0.25, 0.3) is 43.8 Å². The summed E-state index contributed by atoms with van der Waals surface area (Å²) >= 11 is 0. The Morgan fingerprint density at radius 1 is 0.641 bits per heavy atom. The maximum Gasteiger partial charge on any atom is 0.338 e. The highest BCUT2D eigenvalue weighted by Crippen LogP contribution is 2.46. The zero-order valence-corrected chi connectivity index (χ0v) is 22.5. The van der Waals surface area contributed by atoms with Crippen LogP contribution in [0.4, 0.5) is 0 Å². The summed E-state index contributed by atoms with van der Waals surface area (Å²) in [6.45, 7) is 6.20. The SMILES string of the molecule is CCOC(=O)c1ccc2c(c1)c(-c1ccc(OC)cc1)c(-c1ccccc1)c1cc(C(=O)OCC)cc(C)c12. The summed E-state index contributed by atoms with van der Waals surface area (Å²) in [6, 6.07) is 27.5. The second kappa shape index (κ2) is 11.0. The van der Waals surface area contributed by atoms with Crippen molar-refractivity contribution in [2.45, 2.75) is 20.8 Å². The molecule has 0 aliphatic rings. The lowest BCUT2D eigenvalue weighted by Gasteiger charge is -2.21. The Bertz CT molecular complexity index is 1690. The quantitative estimate of drug-likeness (QED) is 0.161. The maximum atomic E-state index is 12.9. The summed E-state index contributed by atoms with van der Waals surface area (Å²) in [7, 11) is 1.64. The summed E-state index contributed by atoms with van der Waals surface area (Å²) in [6.07, 6.45) is 0. The molecule has 0 saturated carbocycles. The monoisotopic (exact) mass is 518 g/mol. The van der Waals surface area contributed by atoms with E-state index in [1.165, 1.54) is 0 Å². The van der Waals surface area contributed by atoms with E-state index < -0.39 is 0 Å². The van der Waals surface area contributed by atoms with E-state index in [1.807, 2.05) is 73.7 Å². The number of hydrogen-bond acceptors (Lipinski definition) is 5. The fourth-order valence-corrected chi connectivity index (χ4v) is 5.22. The second-order valence-electron chi connectivity index (χ2n) is 9.26. The lowest BCUT2D eigenvalue weighted by Crippen LogP contribution is -2.06. The van der Waals surface area contributed by atoms with Crippen LogP contribution in [-0.4, -0.2) is 32.3 Å². The van der Waals surface area contributed by atoms with Gasteiger partial charge in [0.15, 0.2) is 0 Å². The molecule has 5 heteroatoms. The Morgan fingerprint density at radius 3 is 1.87 bits per heavy atom. The van der Waals surface area contributed by atoms with Crippen LogP contribution in [0.5, 0.6) is 5.75 Å². The minimum absolute atomic E-state index is 0.297. The number of carbonyl (C=O) groups excluding carboxylic acids is 2. The normalized spacial score (nSPS) is 11.0. The Morgan fingerprint density at radius 2 is 1.23 bits per heavy atom. The lowest BCUT2D eigenvalue weighted by molar-refractivity contribution is 0.0517. The molecule has 0 aliphatic carbocycles. The van der Waals surface area contributed by atoms with E-state index in [4.69, 9.17) is 14.2 Å². The molecule has 0 saturated heterocycles. The van der Waals surface area contributed by atoms with Crippen molar-refractivity contribution in [1.29, 1.82) is 0 Å². The lowest BCUT2D eigenvalue weighted by atomic mass is 9.82. The van der Waals surface area contributed by atoms with Crippen molar-refractivity contribution in [3.63, 3.8) is 0 Å². The molecule has 0 heterocycles. The van der Waals surface area contributed by atoms with Gasteiger partial charge in [0.05, 0.1) is 31.5 Å². The van der Waals surface area contributed by atoms with Gasteiger partial charge in [0, 0.05) is 0 Å². The van der Waals surface area contributed by atoms with Crippen LogP contribution >= 0.6 is 0 Å². The third kappa shape index (κ3) is 4.84. The van der Waals surface area contributed by atoms with Gasteiger partial charge >= 0.3 is 11.9 Å². The van der Waals surface area contributed by atoms with Crippen LogP contribution in [0.15, 0.2) is 84.9 Å².